The van der Waals surface area contributed by atoms with Gasteiger partial charge in [-0.1, -0.05) is 18.2 Å². The largest absolute Gasteiger partial charge is 0.501 e. The maximum absolute atomic E-state index is 5.36. The van der Waals surface area contributed by atoms with Crippen LogP contribution in [0.25, 0.3) is 6.08 Å². The van der Waals surface area contributed by atoms with Crippen LogP contribution < -0.4 is 14.2 Å². The van der Waals surface area contributed by atoms with Crippen molar-refractivity contribution in [1.29, 1.82) is 0 Å². The van der Waals surface area contributed by atoms with E-state index < -0.39 is 0 Å². The van der Waals surface area contributed by atoms with Crippen LogP contribution in [0.4, 0.5) is 0 Å². The minimum atomic E-state index is 0.601. The number of hydrogen-bond acceptors (Lipinski definition) is 4. The molecule has 0 bridgehead atoms. The van der Waals surface area contributed by atoms with Crippen LogP contribution >= 0.6 is 0 Å². The van der Waals surface area contributed by atoms with Crippen LogP contribution in [0, 0.1) is 0 Å². The smallest absolute Gasteiger partial charge is 0.203 e. The molecule has 4 nitrogen and oxygen atoms in total. The van der Waals surface area contributed by atoms with Gasteiger partial charge in [0.2, 0.25) is 5.75 Å². The number of hydrogen-bond donors (Lipinski definition) is 0. The fourth-order valence-electron chi connectivity index (χ4n) is 2.37. The summed E-state index contributed by atoms with van der Waals surface area (Å²) in [5.41, 5.74) is 2.22. The van der Waals surface area contributed by atoms with Gasteiger partial charge in [-0.2, -0.15) is 0 Å². The molecular weight excluding hydrogens is 280 g/mol. The Labute approximate surface area is 131 Å². The molecule has 0 aromatic heterocycles. The van der Waals surface area contributed by atoms with E-state index in [1.54, 1.807) is 28.4 Å². The molecule has 1 aliphatic carbocycles. The average Bonchev–Trinajstić information content (AvgIpc) is 2.58. The second kappa shape index (κ2) is 7.59. The van der Waals surface area contributed by atoms with E-state index in [4.69, 9.17) is 18.9 Å². The molecule has 0 N–H and O–H groups in total. The molecule has 1 aliphatic rings. The van der Waals surface area contributed by atoms with Gasteiger partial charge in [-0.3, -0.25) is 0 Å². The molecule has 0 amide bonds. The van der Waals surface area contributed by atoms with Crippen LogP contribution in [0.15, 0.2) is 41.7 Å². The predicted octanol–water partition coefficient (Wildman–Crippen LogP) is 3.98. The molecule has 0 saturated carbocycles. The van der Waals surface area contributed by atoms with E-state index in [1.807, 2.05) is 18.2 Å². The first kappa shape index (κ1) is 16.0. The molecule has 0 heterocycles. The van der Waals surface area contributed by atoms with Crippen molar-refractivity contribution >= 4 is 6.08 Å². The van der Waals surface area contributed by atoms with Gasteiger partial charge < -0.3 is 18.9 Å². The summed E-state index contributed by atoms with van der Waals surface area (Å²) in [5.74, 6) is 2.91. The summed E-state index contributed by atoms with van der Waals surface area (Å²) in [5, 5.41) is 0. The van der Waals surface area contributed by atoms with Gasteiger partial charge in [0.25, 0.3) is 0 Å². The van der Waals surface area contributed by atoms with E-state index in [9.17, 15) is 0 Å². The first-order chi connectivity index (χ1) is 10.7. The van der Waals surface area contributed by atoms with Crippen LogP contribution in [-0.4, -0.2) is 28.4 Å². The van der Waals surface area contributed by atoms with Crippen molar-refractivity contribution in [1.82, 2.24) is 0 Å². The first-order valence-electron chi connectivity index (χ1n) is 7.12. The number of methoxy groups -OCH3 is 4. The zero-order valence-corrected chi connectivity index (χ0v) is 13.5. The Morgan fingerprint density at radius 2 is 1.50 bits per heavy atom. The Morgan fingerprint density at radius 3 is 2.05 bits per heavy atom. The molecule has 22 heavy (non-hydrogen) atoms. The standard InChI is InChI=1S/C18H22O4/c1-19-15-7-5-6-13(10-15)8-9-14-11-16(20-2)18(22-4)17(12-14)21-3/h6-9,11-12H,5,10H2,1-4H3/b9-8+. The topological polar surface area (TPSA) is 36.9 Å². The lowest BCUT2D eigenvalue weighted by Crippen LogP contribution is -1.96. The Kier molecular flexibility index (Phi) is 5.53. The van der Waals surface area contributed by atoms with Crippen molar-refractivity contribution in [3.8, 4) is 17.2 Å². The third-order valence-corrected chi connectivity index (χ3v) is 3.54. The molecule has 1 aromatic carbocycles. The van der Waals surface area contributed by atoms with Crippen molar-refractivity contribution < 1.29 is 18.9 Å². The summed E-state index contributed by atoms with van der Waals surface area (Å²) in [6, 6.07) is 3.85. The van der Waals surface area contributed by atoms with E-state index in [2.05, 4.69) is 18.2 Å². The molecule has 0 saturated heterocycles. The number of rotatable bonds is 6. The number of ether oxygens (including phenoxy) is 4. The maximum Gasteiger partial charge on any atom is 0.203 e. The lowest BCUT2D eigenvalue weighted by Gasteiger charge is -2.13. The number of benzene rings is 1. The Morgan fingerprint density at radius 1 is 0.818 bits per heavy atom. The van der Waals surface area contributed by atoms with Crippen LogP contribution in [0.3, 0.4) is 0 Å². The molecule has 4 heteroatoms. The molecule has 0 spiro atoms. The van der Waals surface area contributed by atoms with Gasteiger partial charge in [0.05, 0.1) is 34.2 Å². The monoisotopic (exact) mass is 302 g/mol. The number of allylic oxidation sites excluding steroid dienone is 4. The van der Waals surface area contributed by atoms with Gasteiger partial charge in [-0.15, -0.1) is 0 Å². The van der Waals surface area contributed by atoms with Gasteiger partial charge >= 0.3 is 0 Å². The molecule has 2 rings (SSSR count). The molecular formula is C18H22O4. The Balaban J connectivity index is 2.23. The van der Waals surface area contributed by atoms with Crippen LogP contribution in [0.5, 0.6) is 17.2 Å². The fraction of sp³-hybridized carbons (Fsp3) is 0.333. The summed E-state index contributed by atoms with van der Waals surface area (Å²) in [7, 11) is 6.53. The van der Waals surface area contributed by atoms with Crippen molar-refractivity contribution in [3.05, 3.63) is 47.3 Å². The normalized spacial score (nSPS) is 14.4. The van der Waals surface area contributed by atoms with E-state index >= 15 is 0 Å². The third kappa shape index (κ3) is 3.64. The Bertz CT molecular complexity index is 587. The van der Waals surface area contributed by atoms with Crippen LogP contribution in [-0.2, 0) is 4.74 Å². The fourth-order valence-corrected chi connectivity index (χ4v) is 2.37. The van der Waals surface area contributed by atoms with Crippen molar-refractivity contribution in [2.75, 3.05) is 28.4 Å². The minimum absolute atomic E-state index is 0.601. The maximum atomic E-state index is 5.36. The minimum Gasteiger partial charge on any atom is -0.501 e. The SMILES string of the molecule is COC1=CCC=C(/C=C/c2cc(OC)c(OC)c(OC)c2)C1. The molecule has 0 radical (unpaired) electrons. The average molecular weight is 302 g/mol. The molecule has 0 unspecified atom stereocenters. The molecule has 1 aromatic rings. The van der Waals surface area contributed by atoms with Gasteiger partial charge in [-0.05, 0) is 35.8 Å². The van der Waals surface area contributed by atoms with Crippen molar-refractivity contribution in [2.24, 2.45) is 0 Å². The highest BCUT2D eigenvalue weighted by Gasteiger charge is 2.12. The highest BCUT2D eigenvalue weighted by atomic mass is 16.5. The van der Waals surface area contributed by atoms with Crippen LogP contribution in [0.1, 0.15) is 18.4 Å². The van der Waals surface area contributed by atoms with E-state index in [-0.39, 0.29) is 0 Å². The zero-order chi connectivity index (χ0) is 15.9. The first-order valence-corrected chi connectivity index (χ1v) is 7.12. The quantitative estimate of drug-likeness (QED) is 0.796. The molecule has 0 fully saturated rings. The molecule has 118 valence electrons. The lowest BCUT2D eigenvalue weighted by atomic mass is 10.0. The summed E-state index contributed by atoms with van der Waals surface area (Å²) >= 11 is 0. The second-order valence-corrected chi connectivity index (χ2v) is 4.86. The van der Waals surface area contributed by atoms with Gasteiger partial charge in [0, 0.05) is 6.42 Å². The highest BCUT2D eigenvalue weighted by Crippen LogP contribution is 2.38. The highest BCUT2D eigenvalue weighted by molar-refractivity contribution is 5.63. The van der Waals surface area contributed by atoms with Crippen molar-refractivity contribution in [3.63, 3.8) is 0 Å². The third-order valence-electron chi connectivity index (χ3n) is 3.54. The lowest BCUT2D eigenvalue weighted by molar-refractivity contribution is 0.281. The summed E-state index contributed by atoms with van der Waals surface area (Å²) in [4.78, 5) is 0. The van der Waals surface area contributed by atoms with Gasteiger partial charge in [-0.25, -0.2) is 0 Å². The Hall–Kier alpha value is -2.36. The van der Waals surface area contributed by atoms with Gasteiger partial charge in [0.15, 0.2) is 11.5 Å². The summed E-state index contributed by atoms with van der Waals surface area (Å²) in [6.45, 7) is 0. The zero-order valence-electron chi connectivity index (χ0n) is 13.5. The van der Waals surface area contributed by atoms with Gasteiger partial charge in [0.1, 0.15) is 0 Å². The second-order valence-electron chi connectivity index (χ2n) is 4.86. The van der Waals surface area contributed by atoms with Crippen LogP contribution in [0.2, 0.25) is 0 Å². The summed E-state index contributed by atoms with van der Waals surface area (Å²) in [6.07, 6.45) is 10.1. The van der Waals surface area contributed by atoms with E-state index in [0.29, 0.717) is 17.2 Å². The predicted molar refractivity (Wildman–Crippen MR) is 87.5 cm³/mol. The molecule has 0 aliphatic heterocycles. The van der Waals surface area contributed by atoms with E-state index in [1.165, 1.54) is 5.57 Å². The summed E-state index contributed by atoms with van der Waals surface area (Å²) < 4.78 is 21.4. The van der Waals surface area contributed by atoms with Crippen molar-refractivity contribution in [2.45, 2.75) is 12.8 Å². The molecule has 0 atom stereocenters. The van der Waals surface area contributed by atoms with E-state index in [0.717, 1.165) is 24.2 Å².